The van der Waals surface area contributed by atoms with Crippen molar-refractivity contribution in [2.45, 2.75) is 38.1 Å². The van der Waals surface area contributed by atoms with Gasteiger partial charge in [-0.15, -0.1) is 0 Å². The summed E-state index contributed by atoms with van der Waals surface area (Å²) < 4.78 is 5.45. The Morgan fingerprint density at radius 3 is 2.54 bits per heavy atom. The number of halogens is 1. The predicted octanol–water partition coefficient (Wildman–Crippen LogP) is 5.54. The van der Waals surface area contributed by atoms with E-state index in [0.717, 1.165) is 35.7 Å². The second kappa shape index (κ2) is 8.20. The molecule has 0 aromatic heterocycles. The number of hydrogen-bond acceptors (Lipinski definition) is 2. The molecule has 0 radical (unpaired) electrons. The van der Waals surface area contributed by atoms with Crippen molar-refractivity contribution in [3.05, 3.63) is 59.1 Å². The number of ether oxygens (including phenoxy) is 1. The molecule has 3 nitrogen and oxygen atoms in total. The topological polar surface area (TPSA) is 33.6 Å². The van der Waals surface area contributed by atoms with Crippen molar-refractivity contribution in [2.24, 2.45) is 4.99 Å². The Bertz CT molecular complexity index is 694. The minimum absolute atomic E-state index is 0.381. The molecule has 0 saturated heterocycles. The van der Waals surface area contributed by atoms with E-state index < -0.39 is 0 Å². The van der Waals surface area contributed by atoms with Gasteiger partial charge < -0.3 is 10.1 Å². The molecule has 0 heterocycles. The van der Waals surface area contributed by atoms with Crippen molar-refractivity contribution >= 4 is 23.1 Å². The molecule has 0 aliphatic heterocycles. The summed E-state index contributed by atoms with van der Waals surface area (Å²) >= 11 is 6.16. The van der Waals surface area contributed by atoms with E-state index in [1.807, 2.05) is 36.4 Å². The number of aliphatic imine (C=N–C) groups is 1. The van der Waals surface area contributed by atoms with Crippen LogP contribution in [0.15, 0.2) is 53.5 Å². The first-order chi connectivity index (χ1) is 11.8. The van der Waals surface area contributed by atoms with Gasteiger partial charge in [-0.2, -0.15) is 0 Å². The van der Waals surface area contributed by atoms with Crippen LogP contribution in [-0.2, 0) is 0 Å². The quantitative estimate of drug-likeness (QED) is 0.584. The Morgan fingerprint density at radius 2 is 1.83 bits per heavy atom. The third kappa shape index (κ3) is 4.30. The zero-order chi connectivity index (χ0) is 16.8. The lowest BCUT2D eigenvalue weighted by Crippen LogP contribution is -2.20. The highest BCUT2D eigenvalue weighted by atomic mass is 35.5. The van der Waals surface area contributed by atoms with Gasteiger partial charge in [-0.3, -0.25) is 4.99 Å². The normalized spacial score (nSPS) is 16.0. The van der Waals surface area contributed by atoms with Gasteiger partial charge in [0.05, 0.1) is 18.8 Å². The summed E-state index contributed by atoms with van der Waals surface area (Å²) in [6.07, 6.45) is 6.16. The van der Waals surface area contributed by atoms with Gasteiger partial charge in [0.2, 0.25) is 0 Å². The minimum atomic E-state index is 0.381. The first kappa shape index (κ1) is 16.8. The van der Waals surface area contributed by atoms with Gasteiger partial charge in [0.1, 0.15) is 11.6 Å². The molecule has 0 bridgehead atoms. The van der Waals surface area contributed by atoms with Crippen molar-refractivity contribution in [3.8, 4) is 5.75 Å². The van der Waals surface area contributed by atoms with Crippen LogP contribution in [-0.4, -0.2) is 19.0 Å². The van der Waals surface area contributed by atoms with Crippen molar-refractivity contribution in [1.29, 1.82) is 0 Å². The van der Waals surface area contributed by atoms with Crippen LogP contribution in [0, 0.1) is 0 Å². The van der Waals surface area contributed by atoms with Crippen molar-refractivity contribution in [2.75, 3.05) is 12.4 Å². The monoisotopic (exact) mass is 342 g/mol. The van der Waals surface area contributed by atoms with E-state index >= 15 is 0 Å². The van der Waals surface area contributed by atoms with Crippen LogP contribution in [0.4, 0.5) is 5.69 Å². The second-order valence-electron chi connectivity index (χ2n) is 6.11. The summed E-state index contributed by atoms with van der Waals surface area (Å²) in [6.45, 7) is 0. The zero-order valence-electron chi connectivity index (χ0n) is 14.0. The molecule has 0 unspecified atom stereocenters. The Balaban J connectivity index is 1.93. The number of benzene rings is 2. The number of hydrogen-bond donors (Lipinski definition) is 1. The van der Waals surface area contributed by atoms with E-state index in [1.165, 1.54) is 19.3 Å². The fourth-order valence-corrected chi connectivity index (χ4v) is 3.25. The Hall–Kier alpha value is -2.00. The average molecular weight is 343 g/mol. The second-order valence-corrected chi connectivity index (χ2v) is 6.54. The fraction of sp³-hybridized carbons (Fsp3) is 0.350. The van der Waals surface area contributed by atoms with Gasteiger partial charge in [0.25, 0.3) is 0 Å². The van der Waals surface area contributed by atoms with Crippen LogP contribution < -0.4 is 10.1 Å². The van der Waals surface area contributed by atoms with Crippen LogP contribution in [0.3, 0.4) is 0 Å². The molecule has 0 atom stereocenters. The highest BCUT2D eigenvalue weighted by molar-refractivity contribution is 6.31. The standard InChI is InChI=1S/C20H23ClN2O/c1-24-19-13-12-16(21)14-18(19)23-20(15-8-4-2-5-9-15)22-17-10-6-3-7-11-17/h2,4-5,8-9,12-14,17H,3,6-7,10-11H2,1H3,(H,22,23). The molecule has 2 aromatic rings. The van der Waals surface area contributed by atoms with Gasteiger partial charge in [0, 0.05) is 10.6 Å². The molecule has 1 N–H and O–H groups in total. The Morgan fingerprint density at radius 1 is 1.08 bits per heavy atom. The molecule has 3 rings (SSSR count). The largest absolute Gasteiger partial charge is 0.495 e. The van der Waals surface area contributed by atoms with Crippen molar-refractivity contribution < 1.29 is 4.74 Å². The zero-order valence-corrected chi connectivity index (χ0v) is 14.7. The summed E-state index contributed by atoms with van der Waals surface area (Å²) in [4.78, 5) is 5.01. The number of nitrogens with zero attached hydrogens (tertiary/aromatic N) is 1. The summed E-state index contributed by atoms with van der Waals surface area (Å²) in [7, 11) is 1.66. The Labute approximate surface area is 148 Å². The third-order valence-corrected chi connectivity index (χ3v) is 4.58. The van der Waals surface area contributed by atoms with Crippen LogP contribution >= 0.6 is 11.6 Å². The summed E-state index contributed by atoms with van der Waals surface area (Å²) in [5.41, 5.74) is 1.91. The number of anilines is 1. The first-order valence-corrected chi connectivity index (χ1v) is 8.88. The summed E-state index contributed by atoms with van der Waals surface area (Å²) in [5.74, 6) is 1.63. The molecule has 1 fully saturated rings. The molecular weight excluding hydrogens is 320 g/mol. The number of nitrogens with one attached hydrogen (secondary N) is 1. The van der Waals surface area contributed by atoms with Crippen molar-refractivity contribution in [1.82, 2.24) is 0 Å². The molecule has 0 amide bonds. The van der Waals surface area contributed by atoms with Crippen LogP contribution in [0.2, 0.25) is 5.02 Å². The molecule has 1 aliphatic rings. The van der Waals surface area contributed by atoms with Gasteiger partial charge in [-0.25, -0.2) is 0 Å². The van der Waals surface area contributed by atoms with E-state index in [-0.39, 0.29) is 0 Å². The SMILES string of the molecule is COc1ccc(Cl)cc1NC(=NC1CCCCC1)c1ccccc1. The first-order valence-electron chi connectivity index (χ1n) is 8.50. The maximum absolute atomic E-state index is 6.16. The number of amidine groups is 1. The smallest absolute Gasteiger partial charge is 0.142 e. The molecule has 2 aromatic carbocycles. The van der Waals surface area contributed by atoms with E-state index in [4.69, 9.17) is 21.3 Å². The van der Waals surface area contributed by atoms with E-state index in [1.54, 1.807) is 7.11 Å². The third-order valence-electron chi connectivity index (χ3n) is 4.35. The van der Waals surface area contributed by atoms with E-state index in [0.29, 0.717) is 11.1 Å². The summed E-state index contributed by atoms with van der Waals surface area (Å²) in [5, 5.41) is 4.11. The van der Waals surface area contributed by atoms with E-state index in [9.17, 15) is 0 Å². The highest BCUT2D eigenvalue weighted by Crippen LogP contribution is 2.29. The molecule has 1 aliphatic carbocycles. The number of rotatable bonds is 4. The molecule has 1 saturated carbocycles. The van der Waals surface area contributed by atoms with Crippen LogP contribution in [0.5, 0.6) is 5.75 Å². The summed E-state index contributed by atoms with van der Waals surface area (Å²) in [6, 6.07) is 16.2. The molecule has 126 valence electrons. The lowest BCUT2D eigenvalue weighted by atomic mass is 9.96. The average Bonchev–Trinajstić information content (AvgIpc) is 2.63. The van der Waals surface area contributed by atoms with E-state index in [2.05, 4.69) is 17.4 Å². The lowest BCUT2D eigenvalue weighted by Gasteiger charge is -2.21. The van der Waals surface area contributed by atoms with Crippen LogP contribution in [0.25, 0.3) is 0 Å². The van der Waals surface area contributed by atoms with Gasteiger partial charge in [-0.1, -0.05) is 61.2 Å². The maximum Gasteiger partial charge on any atom is 0.142 e. The highest BCUT2D eigenvalue weighted by Gasteiger charge is 2.15. The predicted molar refractivity (Wildman–Crippen MR) is 101 cm³/mol. The van der Waals surface area contributed by atoms with Gasteiger partial charge in [-0.05, 0) is 31.0 Å². The lowest BCUT2D eigenvalue weighted by molar-refractivity contribution is 0.417. The van der Waals surface area contributed by atoms with Crippen LogP contribution in [0.1, 0.15) is 37.7 Å². The molecule has 24 heavy (non-hydrogen) atoms. The molecule has 0 spiro atoms. The fourth-order valence-electron chi connectivity index (χ4n) is 3.07. The van der Waals surface area contributed by atoms with Gasteiger partial charge >= 0.3 is 0 Å². The van der Waals surface area contributed by atoms with Gasteiger partial charge in [0.15, 0.2) is 0 Å². The number of methoxy groups -OCH3 is 1. The molecular formula is C20H23ClN2O. The molecule has 4 heteroatoms. The minimum Gasteiger partial charge on any atom is -0.495 e. The van der Waals surface area contributed by atoms with Crippen molar-refractivity contribution in [3.63, 3.8) is 0 Å². The maximum atomic E-state index is 6.16. The Kier molecular flexibility index (Phi) is 5.76.